The van der Waals surface area contributed by atoms with Crippen molar-refractivity contribution in [3.8, 4) is 11.4 Å². The Bertz CT molecular complexity index is 996. The minimum absolute atomic E-state index is 0.127. The summed E-state index contributed by atoms with van der Waals surface area (Å²) in [6.45, 7) is 1.21. The summed E-state index contributed by atoms with van der Waals surface area (Å²) in [6, 6.07) is 15.6. The summed E-state index contributed by atoms with van der Waals surface area (Å²) in [5.41, 5.74) is 2.22. The van der Waals surface area contributed by atoms with Gasteiger partial charge in [-0.05, 0) is 37.1 Å². The molecular formula is C22H19ClFN3O. The van der Waals surface area contributed by atoms with Gasteiger partial charge in [-0.1, -0.05) is 41.9 Å². The number of nitrogens with zero attached hydrogens (tertiary/aromatic N) is 3. The first-order valence-corrected chi connectivity index (χ1v) is 9.62. The third kappa shape index (κ3) is 3.90. The Morgan fingerprint density at radius 3 is 2.75 bits per heavy atom. The maximum absolute atomic E-state index is 13.3. The van der Waals surface area contributed by atoms with Crippen molar-refractivity contribution in [1.82, 2.24) is 14.9 Å². The van der Waals surface area contributed by atoms with Crippen molar-refractivity contribution in [2.24, 2.45) is 0 Å². The van der Waals surface area contributed by atoms with Gasteiger partial charge in [-0.3, -0.25) is 4.79 Å². The Morgan fingerprint density at radius 2 is 1.96 bits per heavy atom. The zero-order chi connectivity index (χ0) is 19.5. The second-order valence-electron chi connectivity index (χ2n) is 6.89. The fourth-order valence-electron chi connectivity index (χ4n) is 3.56. The quantitative estimate of drug-likeness (QED) is 0.630. The van der Waals surface area contributed by atoms with Crippen LogP contribution in [0.1, 0.15) is 34.8 Å². The molecule has 0 spiro atoms. The average molecular weight is 396 g/mol. The van der Waals surface area contributed by atoms with Crippen molar-refractivity contribution in [3.05, 3.63) is 82.9 Å². The molecule has 1 atom stereocenters. The molecule has 142 valence electrons. The topological polar surface area (TPSA) is 46.1 Å². The number of benzene rings is 2. The third-order valence-corrected chi connectivity index (χ3v) is 5.31. The molecule has 0 saturated carbocycles. The second-order valence-corrected chi connectivity index (χ2v) is 7.29. The molecule has 2 aromatic carbocycles. The molecule has 1 aliphatic heterocycles. The summed E-state index contributed by atoms with van der Waals surface area (Å²) in [5.74, 6) is 0.185. The molecule has 1 amide bonds. The summed E-state index contributed by atoms with van der Waals surface area (Å²) in [5, 5.41) is 0.139. The molecule has 1 saturated heterocycles. The Morgan fingerprint density at radius 1 is 1.14 bits per heavy atom. The molecule has 28 heavy (non-hydrogen) atoms. The predicted molar refractivity (Wildman–Crippen MR) is 107 cm³/mol. The molecule has 1 fully saturated rings. The molecule has 0 bridgehead atoms. The van der Waals surface area contributed by atoms with Gasteiger partial charge in [0, 0.05) is 36.5 Å². The smallest absolute Gasteiger partial charge is 0.255 e. The van der Waals surface area contributed by atoms with Crippen molar-refractivity contribution < 1.29 is 9.18 Å². The van der Waals surface area contributed by atoms with Crippen molar-refractivity contribution in [2.45, 2.75) is 18.8 Å². The van der Waals surface area contributed by atoms with Gasteiger partial charge in [-0.15, -0.1) is 0 Å². The minimum Gasteiger partial charge on any atom is -0.338 e. The van der Waals surface area contributed by atoms with Crippen LogP contribution < -0.4 is 0 Å². The van der Waals surface area contributed by atoms with Gasteiger partial charge in [0.1, 0.15) is 5.82 Å². The lowest BCUT2D eigenvalue weighted by molar-refractivity contribution is 0.0706. The first kappa shape index (κ1) is 18.6. The monoisotopic (exact) mass is 395 g/mol. The average Bonchev–Trinajstić information content (AvgIpc) is 2.74. The van der Waals surface area contributed by atoms with E-state index in [9.17, 15) is 9.18 Å². The van der Waals surface area contributed by atoms with Crippen LogP contribution in [0, 0.1) is 5.82 Å². The molecular weight excluding hydrogens is 377 g/mol. The number of rotatable bonds is 3. The molecule has 0 unspecified atom stereocenters. The van der Waals surface area contributed by atoms with Gasteiger partial charge in [0.15, 0.2) is 5.82 Å². The molecule has 0 radical (unpaired) electrons. The first-order valence-electron chi connectivity index (χ1n) is 9.24. The van der Waals surface area contributed by atoms with Gasteiger partial charge < -0.3 is 4.90 Å². The highest BCUT2D eigenvalue weighted by Crippen LogP contribution is 2.29. The van der Waals surface area contributed by atoms with E-state index in [1.807, 2.05) is 36.4 Å². The van der Waals surface area contributed by atoms with Crippen LogP contribution in [0.25, 0.3) is 11.4 Å². The standard InChI is InChI=1S/C22H19ClFN3O/c23-19-13-17(24)8-9-18(19)22(28)27-12-4-7-16(14-27)20-10-11-25-21(26-20)15-5-2-1-3-6-15/h1-3,5-6,8-11,13,16H,4,7,12,14H2/t16-/m0/s1. The van der Waals surface area contributed by atoms with Crippen LogP contribution in [0.2, 0.25) is 5.02 Å². The lowest BCUT2D eigenvalue weighted by Gasteiger charge is -2.32. The number of hydrogen-bond donors (Lipinski definition) is 0. The summed E-state index contributed by atoms with van der Waals surface area (Å²) in [4.78, 5) is 23.8. The van der Waals surface area contributed by atoms with E-state index in [0.29, 0.717) is 24.5 Å². The van der Waals surface area contributed by atoms with Crippen molar-refractivity contribution in [2.75, 3.05) is 13.1 Å². The van der Waals surface area contributed by atoms with Crippen LogP contribution in [-0.2, 0) is 0 Å². The maximum Gasteiger partial charge on any atom is 0.255 e. The van der Waals surface area contributed by atoms with E-state index in [1.54, 1.807) is 11.1 Å². The number of likely N-dealkylation sites (tertiary alicyclic amines) is 1. The van der Waals surface area contributed by atoms with Crippen molar-refractivity contribution in [3.63, 3.8) is 0 Å². The van der Waals surface area contributed by atoms with Crippen LogP contribution in [-0.4, -0.2) is 33.9 Å². The van der Waals surface area contributed by atoms with Gasteiger partial charge >= 0.3 is 0 Å². The lowest BCUT2D eigenvalue weighted by Crippen LogP contribution is -2.39. The molecule has 4 nitrogen and oxygen atoms in total. The number of carbonyl (C=O) groups is 1. The van der Waals surface area contributed by atoms with E-state index in [1.165, 1.54) is 18.2 Å². The highest BCUT2D eigenvalue weighted by atomic mass is 35.5. The molecule has 6 heteroatoms. The number of piperidine rings is 1. The normalized spacial score (nSPS) is 16.8. The van der Waals surface area contributed by atoms with E-state index in [-0.39, 0.29) is 16.8 Å². The largest absolute Gasteiger partial charge is 0.338 e. The fourth-order valence-corrected chi connectivity index (χ4v) is 3.81. The molecule has 0 aliphatic carbocycles. The molecule has 2 heterocycles. The van der Waals surface area contributed by atoms with Crippen LogP contribution >= 0.6 is 11.6 Å². The summed E-state index contributed by atoms with van der Waals surface area (Å²) < 4.78 is 13.3. The molecule has 1 aliphatic rings. The Hall–Kier alpha value is -2.79. The summed E-state index contributed by atoms with van der Waals surface area (Å²) >= 11 is 6.08. The number of hydrogen-bond acceptors (Lipinski definition) is 3. The maximum atomic E-state index is 13.3. The van der Waals surface area contributed by atoms with Crippen molar-refractivity contribution >= 4 is 17.5 Å². The van der Waals surface area contributed by atoms with Crippen LogP contribution in [0.15, 0.2) is 60.8 Å². The van der Waals surface area contributed by atoms with Crippen molar-refractivity contribution in [1.29, 1.82) is 0 Å². The Kier molecular flexibility index (Phi) is 5.35. The van der Waals surface area contributed by atoms with E-state index < -0.39 is 5.82 Å². The first-order chi connectivity index (χ1) is 13.6. The van der Waals surface area contributed by atoms with E-state index in [4.69, 9.17) is 16.6 Å². The molecule has 0 N–H and O–H groups in total. The molecule has 3 aromatic rings. The summed E-state index contributed by atoms with van der Waals surface area (Å²) in [6.07, 6.45) is 3.59. The Labute approximate surface area is 168 Å². The highest BCUT2D eigenvalue weighted by Gasteiger charge is 2.27. The van der Waals surface area contributed by atoms with Crippen LogP contribution in [0.5, 0.6) is 0 Å². The van der Waals surface area contributed by atoms with Crippen LogP contribution in [0.4, 0.5) is 4.39 Å². The van der Waals surface area contributed by atoms with Gasteiger partial charge in [0.05, 0.1) is 10.6 Å². The SMILES string of the molecule is O=C(c1ccc(F)cc1Cl)N1CCC[C@H](c2ccnc(-c3ccccc3)n2)C1. The summed E-state index contributed by atoms with van der Waals surface area (Å²) in [7, 11) is 0. The van der Waals surface area contributed by atoms with Crippen LogP contribution in [0.3, 0.4) is 0 Å². The highest BCUT2D eigenvalue weighted by molar-refractivity contribution is 6.33. The number of amides is 1. The predicted octanol–water partition coefficient (Wildman–Crippen LogP) is 4.96. The second kappa shape index (κ2) is 8.07. The minimum atomic E-state index is -0.451. The van der Waals surface area contributed by atoms with E-state index in [2.05, 4.69) is 4.98 Å². The fraction of sp³-hybridized carbons (Fsp3) is 0.227. The molecule has 1 aromatic heterocycles. The zero-order valence-corrected chi connectivity index (χ0v) is 15.9. The number of halogens is 2. The van der Waals surface area contributed by atoms with E-state index >= 15 is 0 Å². The molecule has 4 rings (SSSR count). The van der Waals surface area contributed by atoms with Gasteiger partial charge in [0.25, 0.3) is 5.91 Å². The number of carbonyl (C=O) groups excluding carboxylic acids is 1. The zero-order valence-electron chi connectivity index (χ0n) is 15.2. The van der Waals surface area contributed by atoms with Gasteiger partial charge in [-0.2, -0.15) is 0 Å². The third-order valence-electron chi connectivity index (χ3n) is 5.00. The van der Waals surface area contributed by atoms with Gasteiger partial charge in [0.2, 0.25) is 0 Å². The Balaban J connectivity index is 1.55. The lowest BCUT2D eigenvalue weighted by atomic mass is 9.94. The van der Waals surface area contributed by atoms with Gasteiger partial charge in [-0.25, -0.2) is 14.4 Å². The number of aromatic nitrogens is 2. The van der Waals surface area contributed by atoms with E-state index in [0.717, 1.165) is 24.1 Å².